The average Bonchev–Trinajstić information content (AvgIpc) is 2.40. The highest BCUT2D eigenvalue weighted by Gasteiger charge is 2.53. The molecule has 4 heteroatoms. The smallest absolute Gasteiger partial charge is 0.337 e. The van der Waals surface area contributed by atoms with Crippen LogP contribution in [0, 0.1) is 5.92 Å². The second-order valence-corrected chi connectivity index (χ2v) is 3.16. The molecule has 4 nitrogen and oxygen atoms in total. The maximum Gasteiger partial charge on any atom is 0.337 e. The Balaban J connectivity index is 2.26. The summed E-state index contributed by atoms with van der Waals surface area (Å²) in [5.41, 5.74) is -0.889. The molecule has 62 valence electrons. The first-order valence-corrected chi connectivity index (χ1v) is 3.84. The van der Waals surface area contributed by atoms with Crippen molar-refractivity contribution in [1.82, 2.24) is 5.32 Å². The van der Waals surface area contributed by atoms with E-state index in [9.17, 15) is 4.79 Å². The fourth-order valence-corrected chi connectivity index (χ4v) is 1.94. The van der Waals surface area contributed by atoms with Crippen LogP contribution in [0.4, 0.5) is 0 Å². The highest BCUT2D eigenvalue weighted by Crippen LogP contribution is 2.35. The zero-order valence-electron chi connectivity index (χ0n) is 6.17. The number of carboxylic acids is 1. The molecule has 2 rings (SSSR count). The minimum Gasteiger partial charge on any atom is -0.479 e. The van der Waals surface area contributed by atoms with Crippen molar-refractivity contribution in [2.24, 2.45) is 5.92 Å². The zero-order chi connectivity index (χ0) is 7.90. The van der Waals surface area contributed by atoms with Gasteiger partial charge < -0.3 is 15.2 Å². The topological polar surface area (TPSA) is 58.6 Å². The summed E-state index contributed by atoms with van der Waals surface area (Å²) in [5.74, 6) is -0.634. The first-order chi connectivity index (χ1) is 5.26. The summed E-state index contributed by atoms with van der Waals surface area (Å²) in [7, 11) is 0. The Labute approximate surface area is 64.5 Å². The Morgan fingerprint density at radius 1 is 1.73 bits per heavy atom. The van der Waals surface area contributed by atoms with Crippen molar-refractivity contribution < 1.29 is 14.6 Å². The SMILES string of the molecule is O=C(O)[C@]12CNC[C@H]1CCO2. The standard InChI is InChI=1S/C7H11NO3/c9-6(10)7-4-8-3-5(7)1-2-11-7/h5,8H,1-4H2,(H,9,10)/t5-,7+/m1/s1. The van der Waals surface area contributed by atoms with E-state index in [0.717, 1.165) is 13.0 Å². The summed E-state index contributed by atoms with van der Waals surface area (Å²) in [6.45, 7) is 1.85. The van der Waals surface area contributed by atoms with Gasteiger partial charge in [0.15, 0.2) is 5.60 Å². The molecule has 0 amide bonds. The van der Waals surface area contributed by atoms with Gasteiger partial charge >= 0.3 is 5.97 Å². The predicted octanol–water partition coefficient (Wildman–Crippen LogP) is -0.551. The van der Waals surface area contributed by atoms with Crippen LogP contribution >= 0.6 is 0 Å². The van der Waals surface area contributed by atoms with E-state index in [-0.39, 0.29) is 5.92 Å². The molecule has 0 spiro atoms. The van der Waals surface area contributed by atoms with Crippen LogP contribution in [0.25, 0.3) is 0 Å². The molecule has 2 saturated heterocycles. The summed E-state index contributed by atoms with van der Waals surface area (Å²) in [6.07, 6.45) is 0.874. The first kappa shape index (κ1) is 7.06. The van der Waals surface area contributed by atoms with Gasteiger partial charge in [-0.15, -0.1) is 0 Å². The third-order valence-corrected chi connectivity index (χ3v) is 2.63. The summed E-state index contributed by atoms with van der Waals surface area (Å²) in [5, 5.41) is 11.9. The van der Waals surface area contributed by atoms with Crippen LogP contribution in [0.5, 0.6) is 0 Å². The molecule has 2 N–H and O–H groups in total. The highest BCUT2D eigenvalue weighted by atomic mass is 16.5. The molecule has 0 aromatic heterocycles. The second kappa shape index (κ2) is 2.19. The zero-order valence-corrected chi connectivity index (χ0v) is 6.17. The Kier molecular flexibility index (Phi) is 1.40. The molecule has 0 radical (unpaired) electrons. The Morgan fingerprint density at radius 2 is 2.55 bits per heavy atom. The number of aliphatic carboxylic acids is 1. The van der Waals surface area contributed by atoms with E-state index in [4.69, 9.17) is 9.84 Å². The van der Waals surface area contributed by atoms with Crippen LogP contribution in [0.2, 0.25) is 0 Å². The van der Waals surface area contributed by atoms with Crippen LogP contribution in [0.15, 0.2) is 0 Å². The Morgan fingerprint density at radius 3 is 3.18 bits per heavy atom. The predicted molar refractivity (Wildman–Crippen MR) is 37.3 cm³/mol. The minimum atomic E-state index is -0.889. The van der Waals surface area contributed by atoms with Crippen molar-refractivity contribution in [2.45, 2.75) is 12.0 Å². The number of ether oxygens (including phenoxy) is 1. The Bertz CT molecular complexity index is 182. The molecule has 0 aromatic carbocycles. The molecule has 0 aromatic rings. The normalized spacial score (nSPS) is 42.4. The molecule has 0 aliphatic carbocycles. The molecule has 2 heterocycles. The molecule has 2 atom stereocenters. The highest BCUT2D eigenvalue weighted by molar-refractivity contribution is 5.79. The first-order valence-electron chi connectivity index (χ1n) is 3.84. The summed E-state index contributed by atoms with van der Waals surface area (Å²) < 4.78 is 5.26. The number of carbonyl (C=O) groups is 1. The summed E-state index contributed by atoms with van der Waals surface area (Å²) in [6, 6.07) is 0. The quantitative estimate of drug-likeness (QED) is 0.536. The monoisotopic (exact) mass is 157 g/mol. The van der Waals surface area contributed by atoms with Gasteiger partial charge in [0.05, 0.1) is 0 Å². The van der Waals surface area contributed by atoms with Gasteiger partial charge in [-0.05, 0) is 6.42 Å². The average molecular weight is 157 g/mol. The van der Waals surface area contributed by atoms with Gasteiger partial charge in [0, 0.05) is 25.6 Å². The summed E-state index contributed by atoms with van der Waals surface area (Å²) >= 11 is 0. The molecular formula is C7H11NO3. The number of rotatable bonds is 1. The molecular weight excluding hydrogens is 146 g/mol. The van der Waals surface area contributed by atoms with Gasteiger partial charge in [-0.3, -0.25) is 0 Å². The molecule has 0 saturated carbocycles. The number of fused-ring (bicyclic) bond motifs is 1. The van der Waals surface area contributed by atoms with Crippen LogP contribution in [0.3, 0.4) is 0 Å². The van der Waals surface area contributed by atoms with Crippen molar-refractivity contribution in [3.05, 3.63) is 0 Å². The molecule has 2 aliphatic heterocycles. The number of carboxylic acid groups (broad SMARTS) is 1. The van der Waals surface area contributed by atoms with Crippen molar-refractivity contribution in [2.75, 3.05) is 19.7 Å². The van der Waals surface area contributed by atoms with E-state index in [0.29, 0.717) is 13.2 Å². The number of hydrogen-bond donors (Lipinski definition) is 2. The van der Waals surface area contributed by atoms with Gasteiger partial charge in [-0.1, -0.05) is 0 Å². The van der Waals surface area contributed by atoms with Crippen molar-refractivity contribution in [3.8, 4) is 0 Å². The largest absolute Gasteiger partial charge is 0.479 e. The van der Waals surface area contributed by atoms with Gasteiger partial charge in [0.2, 0.25) is 0 Å². The molecule has 11 heavy (non-hydrogen) atoms. The van der Waals surface area contributed by atoms with Gasteiger partial charge in [-0.2, -0.15) is 0 Å². The lowest BCUT2D eigenvalue weighted by Gasteiger charge is -2.21. The second-order valence-electron chi connectivity index (χ2n) is 3.16. The molecule has 2 aliphatic rings. The molecule has 0 unspecified atom stereocenters. The van der Waals surface area contributed by atoms with Crippen molar-refractivity contribution in [1.29, 1.82) is 0 Å². The van der Waals surface area contributed by atoms with E-state index in [2.05, 4.69) is 5.32 Å². The maximum absolute atomic E-state index is 10.8. The van der Waals surface area contributed by atoms with Crippen molar-refractivity contribution >= 4 is 5.97 Å². The third kappa shape index (κ3) is 0.795. The van der Waals surface area contributed by atoms with Crippen molar-refractivity contribution in [3.63, 3.8) is 0 Å². The summed E-state index contributed by atoms with van der Waals surface area (Å²) in [4.78, 5) is 10.8. The molecule has 2 fully saturated rings. The third-order valence-electron chi connectivity index (χ3n) is 2.63. The lowest BCUT2D eigenvalue weighted by atomic mass is 9.91. The Hall–Kier alpha value is -0.610. The van der Waals surface area contributed by atoms with Crippen LogP contribution in [0.1, 0.15) is 6.42 Å². The maximum atomic E-state index is 10.8. The van der Waals surface area contributed by atoms with Gasteiger partial charge in [0.25, 0.3) is 0 Å². The number of hydrogen-bond acceptors (Lipinski definition) is 3. The van der Waals surface area contributed by atoms with E-state index in [1.54, 1.807) is 0 Å². The fraction of sp³-hybridized carbons (Fsp3) is 0.857. The molecule has 0 bridgehead atoms. The van der Waals surface area contributed by atoms with Gasteiger partial charge in [0.1, 0.15) is 0 Å². The lowest BCUT2D eigenvalue weighted by Crippen LogP contribution is -2.44. The number of nitrogens with one attached hydrogen (secondary N) is 1. The van der Waals surface area contributed by atoms with Gasteiger partial charge in [-0.25, -0.2) is 4.79 Å². The minimum absolute atomic E-state index is 0.181. The van der Waals surface area contributed by atoms with E-state index < -0.39 is 11.6 Å². The lowest BCUT2D eigenvalue weighted by molar-refractivity contribution is -0.160. The van der Waals surface area contributed by atoms with Crippen LogP contribution < -0.4 is 5.32 Å². The van der Waals surface area contributed by atoms with E-state index in [1.807, 2.05) is 0 Å². The van der Waals surface area contributed by atoms with E-state index in [1.165, 1.54) is 0 Å². The van der Waals surface area contributed by atoms with E-state index >= 15 is 0 Å². The fourth-order valence-electron chi connectivity index (χ4n) is 1.94. The van der Waals surface area contributed by atoms with Crippen LogP contribution in [-0.4, -0.2) is 36.4 Å². The van der Waals surface area contributed by atoms with Crippen LogP contribution in [-0.2, 0) is 9.53 Å².